The number of hydrogen-bond acceptors (Lipinski definition) is 5. The lowest BCUT2D eigenvalue weighted by Gasteiger charge is -2.38. The lowest BCUT2D eigenvalue weighted by molar-refractivity contribution is 0.190. The molecule has 1 aromatic carbocycles. The van der Waals surface area contributed by atoms with Crippen molar-refractivity contribution in [2.24, 2.45) is 0 Å². The Balaban J connectivity index is 1.99. The minimum Gasteiger partial charge on any atom is -0.383 e. The first-order valence-corrected chi connectivity index (χ1v) is 9.08. The van der Waals surface area contributed by atoms with Crippen LogP contribution in [0.1, 0.15) is 31.0 Å². The first kappa shape index (κ1) is 18.1. The summed E-state index contributed by atoms with van der Waals surface area (Å²) in [5, 5.41) is 7.55. The van der Waals surface area contributed by atoms with Crippen LogP contribution in [0, 0.1) is 0 Å². The van der Waals surface area contributed by atoms with Gasteiger partial charge in [0, 0.05) is 29.8 Å². The molecule has 1 atom stereocenters. The Morgan fingerprint density at radius 2 is 2.04 bits per heavy atom. The summed E-state index contributed by atoms with van der Waals surface area (Å²) in [4.78, 5) is 9.22. The Bertz CT molecular complexity index is 703. The molecule has 1 aromatic heterocycles. The molecule has 6 heteroatoms. The Hall–Kier alpha value is -1.69. The Labute approximate surface area is 154 Å². The summed E-state index contributed by atoms with van der Waals surface area (Å²) in [5.41, 5.74) is 1.98. The highest BCUT2D eigenvalue weighted by Gasteiger charge is 2.38. The van der Waals surface area contributed by atoms with Crippen LogP contribution in [0.4, 0.5) is 5.95 Å². The van der Waals surface area contributed by atoms with Gasteiger partial charge in [-0.1, -0.05) is 29.8 Å². The van der Waals surface area contributed by atoms with Crippen LogP contribution in [-0.4, -0.2) is 42.8 Å². The third-order valence-corrected chi connectivity index (χ3v) is 5.11. The molecule has 0 saturated carbocycles. The number of ether oxygens (including phenoxy) is 1. The summed E-state index contributed by atoms with van der Waals surface area (Å²) in [6, 6.07) is 10.3. The van der Waals surface area contributed by atoms with Gasteiger partial charge in [-0.2, -0.15) is 0 Å². The SMILES string of the molecule is COC[C@H](C)Nc1nccc(C2(c3ccccc3Cl)CCNCC2)n1. The number of aromatic nitrogens is 2. The zero-order valence-electron chi connectivity index (χ0n) is 14.8. The van der Waals surface area contributed by atoms with Gasteiger partial charge in [-0.15, -0.1) is 0 Å². The maximum absolute atomic E-state index is 6.57. The van der Waals surface area contributed by atoms with Crippen molar-refractivity contribution in [2.75, 3.05) is 32.1 Å². The molecule has 2 heterocycles. The number of nitrogens with one attached hydrogen (secondary N) is 2. The molecular weight excluding hydrogens is 336 g/mol. The van der Waals surface area contributed by atoms with Gasteiger partial charge in [0.05, 0.1) is 12.3 Å². The van der Waals surface area contributed by atoms with Crippen molar-refractivity contribution in [1.82, 2.24) is 15.3 Å². The van der Waals surface area contributed by atoms with Crippen molar-refractivity contribution >= 4 is 17.5 Å². The number of hydrogen-bond donors (Lipinski definition) is 2. The molecule has 0 amide bonds. The molecule has 2 aromatic rings. The number of methoxy groups -OCH3 is 1. The molecule has 3 rings (SSSR count). The number of halogens is 1. The fraction of sp³-hybridized carbons (Fsp3) is 0.474. The third kappa shape index (κ3) is 3.94. The molecule has 134 valence electrons. The van der Waals surface area contributed by atoms with Crippen LogP contribution < -0.4 is 10.6 Å². The monoisotopic (exact) mass is 360 g/mol. The van der Waals surface area contributed by atoms with E-state index in [1.807, 2.05) is 37.4 Å². The molecule has 1 aliphatic rings. The highest BCUT2D eigenvalue weighted by Crippen LogP contribution is 2.42. The number of rotatable bonds is 6. The molecule has 1 aliphatic heterocycles. The summed E-state index contributed by atoms with van der Waals surface area (Å²) >= 11 is 6.57. The molecule has 0 radical (unpaired) electrons. The molecule has 5 nitrogen and oxygen atoms in total. The van der Waals surface area contributed by atoms with Crippen LogP contribution in [0.5, 0.6) is 0 Å². The number of piperidine rings is 1. The van der Waals surface area contributed by atoms with Gasteiger partial charge in [-0.25, -0.2) is 9.97 Å². The van der Waals surface area contributed by atoms with Gasteiger partial charge in [0.1, 0.15) is 0 Å². The molecule has 0 spiro atoms. The number of nitrogens with zero attached hydrogens (tertiary/aromatic N) is 2. The average molecular weight is 361 g/mol. The molecule has 0 bridgehead atoms. The van der Waals surface area contributed by atoms with Crippen LogP contribution in [0.2, 0.25) is 5.02 Å². The summed E-state index contributed by atoms with van der Waals surface area (Å²) < 4.78 is 5.18. The van der Waals surface area contributed by atoms with E-state index in [1.165, 1.54) is 0 Å². The van der Waals surface area contributed by atoms with Crippen molar-refractivity contribution in [1.29, 1.82) is 0 Å². The highest BCUT2D eigenvalue weighted by molar-refractivity contribution is 6.31. The zero-order chi connectivity index (χ0) is 17.7. The van der Waals surface area contributed by atoms with Gasteiger partial charge in [-0.05, 0) is 50.6 Å². The highest BCUT2D eigenvalue weighted by atomic mass is 35.5. The summed E-state index contributed by atoms with van der Waals surface area (Å²) in [5.74, 6) is 0.631. The van der Waals surface area contributed by atoms with Crippen molar-refractivity contribution < 1.29 is 4.74 Å². The minimum absolute atomic E-state index is 0.143. The van der Waals surface area contributed by atoms with Gasteiger partial charge in [0.2, 0.25) is 5.95 Å². The first-order chi connectivity index (χ1) is 12.2. The maximum Gasteiger partial charge on any atom is 0.223 e. The molecule has 2 N–H and O–H groups in total. The van der Waals surface area contributed by atoms with Gasteiger partial charge in [0.15, 0.2) is 0 Å². The van der Waals surface area contributed by atoms with Crippen LogP contribution in [-0.2, 0) is 10.2 Å². The Kier molecular flexibility index (Phi) is 5.89. The van der Waals surface area contributed by atoms with E-state index in [1.54, 1.807) is 7.11 Å². The Morgan fingerprint density at radius 1 is 1.28 bits per heavy atom. The van der Waals surface area contributed by atoms with Crippen molar-refractivity contribution in [3.05, 3.63) is 52.8 Å². The second-order valence-corrected chi connectivity index (χ2v) is 6.99. The van der Waals surface area contributed by atoms with E-state index >= 15 is 0 Å². The second kappa shape index (κ2) is 8.13. The van der Waals surface area contributed by atoms with Gasteiger partial charge >= 0.3 is 0 Å². The molecule has 0 aliphatic carbocycles. The second-order valence-electron chi connectivity index (χ2n) is 6.58. The smallest absolute Gasteiger partial charge is 0.223 e. The minimum atomic E-state index is -0.187. The van der Waals surface area contributed by atoms with E-state index in [2.05, 4.69) is 21.7 Å². The summed E-state index contributed by atoms with van der Waals surface area (Å²) in [6.07, 6.45) is 3.74. The third-order valence-electron chi connectivity index (χ3n) is 4.78. The van der Waals surface area contributed by atoms with Crippen LogP contribution >= 0.6 is 11.6 Å². The molecule has 0 unspecified atom stereocenters. The average Bonchev–Trinajstić information content (AvgIpc) is 2.63. The lowest BCUT2D eigenvalue weighted by Crippen LogP contribution is -2.41. The quantitative estimate of drug-likeness (QED) is 0.828. The fourth-order valence-corrected chi connectivity index (χ4v) is 3.89. The lowest BCUT2D eigenvalue weighted by atomic mass is 9.70. The van der Waals surface area contributed by atoms with E-state index in [0.717, 1.165) is 42.2 Å². The fourth-order valence-electron chi connectivity index (χ4n) is 3.57. The number of anilines is 1. The van der Waals surface area contributed by atoms with E-state index in [4.69, 9.17) is 21.3 Å². The van der Waals surface area contributed by atoms with Crippen LogP contribution in [0.25, 0.3) is 0 Å². The Morgan fingerprint density at radius 3 is 2.76 bits per heavy atom. The van der Waals surface area contributed by atoms with E-state index in [0.29, 0.717) is 12.6 Å². The summed E-state index contributed by atoms with van der Waals surface area (Å²) in [6.45, 7) is 4.54. The van der Waals surface area contributed by atoms with Gasteiger partial charge < -0.3 is 15.4 Å². The predicted molar refractivity (Wildman–Crippen MR) is 101 cm³/mol. The van der Waals surface area contributed by atoms with Crippen molar-refractivity contribution in [3.63, 3.8) is 0 Å². The molecule has 1 fully saturated rings. The standard InChI is InChI=1S/C19H25ClN4O/c1-14(13-25-2)23-18-22-10-7-17(24-18)19(8-11-21-12-9-19)15-5-3-4-6-16(15)20/h3-7,10,14,21H,8-9,11-13H2,1-2H3,(H,22,23,24)/t14-/m0/s1. The molecular formula is C19H25ClN4O. The predicted octanol–water partition coefficient (Wildman–Crippen LogP) is 3.25. The first-order valence-electron chi connectivity index (χ1n) is 8.70. The van der Waals surface area contributed by atoms with E-state index in [-0.39, 0.29) is 11.5 Å². The van der Waals surface area contributed by atoms with E-state index in [9.17, 15) is 0 Å². The maximum atomic E-state index is 6.57. The van der Waals surface area contributed by atoms with Crippen molar-refractivity contribution in [2.45, 2.75) is 31.2 Å². The van der Waals surface area contributed by atoms with E-state index < -0.39 is 0 Å². The van der Waals surface area contributed by atoms with Gasteiger partial charge in [-0.3, -0.25) is 0 Å². The molecule has 25 heavy (non-hydrogen) atoms. The molecule has 1 saturated heterocycles. The number of benzene rings is 1. The van der Waals surface area contributed by atoms with Crippen LogP contribution in [0.15, 0.2) is 36.5 Å². The normalized spacial score (nSPS) is 17.9. The largest absolute Gasteiger partial charge is 0.383 e. The van der Waals surface area contributed by atoms with Gasteiger partial charge in [0.25, 0.3) is 0 Å². The topological polar surface area (TPSA) is 59.1 Å². The van der Waals surface area contributed by atoms with Crippen molar-refractivity contribution in [3.8, 4) is 0 Å². The van der Waals surface area contributed by atoms with Crippen LogP contribution in [0.3, 0.4) is 0 Å². The zero-order valence-corrected chi connectivity index (χ0v) is 15.5. The summed E-state index contributed by atoms with van der Waals surface area (Å²) in [7, 11) is 1.69.